The Morgan fingerprint density at radius 3 is 2.42 bits per heavy atom. The fourth-order valence-corrected chi connectivity index (χ4v) is 4.59. The van der Waals surface area contributed by atoms with Gasteiger partial charge >= 0.3 is 0 Å². The summed E-state index contributed by atoms with van der Waals surface area (Å²) < 4.78 is 22.9. The van der Waals surface area contributed by atoms with E-state index in [0.29, 0.717) is 27.9 Å². The number of nitrogens with two attached hydrogens (primary N) is 1. The van der Waals surface area contributed by atoms with E-state index in [-0.39, 0.29) is 28.9 Å². The van der Waals surface area contributed by atoms with Crippen molar-refractivity contribution in [1.29, 1.82) is 0 Å². The molecule has 8 nitrogen and oxygen atoms in total. The summed E-state index contributed by atoms with van der Waals surface area (Å²) in [5, 5.41) is 17.1. The van der Waals surface area contributed by atoms with Crippen LogP contribution in [0.1, 0.15) is 18.4 Å². The number of sulfonamides is 1. The van der Waals surface area contributed by atoms with Crippen LogP contribution in [0.5, 0.6) is 5.75 Å². The molecule has 0 radical (unpaired) electrons. The van der Waals surface area contributed by atoms with Crippen molar-refractivity contribution in [2.24, 2.45) is 5.14 Å². The number of thiocarbonyl (C=S) groups is 1. The van der Waals surface area contributed by atoms with Gasteiger partial charge in [0.25, 0.3) is 5.91 Å². The number of phenols is 1. The zero-order valence-corrected chi connectivity index (χ0v) is 18.6. The lowest BCUT2D eigenvalue weighted by molar-refractivity contribution is -0.122. The van der Waals surface area contributed by atoms with E-state index in [1.54, 1.807) is 18.2 Å². The summed E-state index contributed by atoms with van der Waals surface area (Å²) in [6, 6.07) is 12.0. The van der Waals surface area contributed by atoms with E-state index < -0.39 is 10.0 Å². The van der Waals surface area contributed by atoms with Gasteiger partial charge in [-0.15, -0.1) is 0 Å². The van der Waals surface area contributed by atoms with E-state index in [1.807, 2.05) is 0 Å². The van der Waals surface area contributed by atoms with Crippen LogP contribution in [0.2, 0.25) is 0 Å². The van der Waals surface area contributed by atoms with Gasteiger partial charge in [-0.05, 0) is 54.5 Å². The van der Waals surface area contributed by atoms with Gasteiger partial charge in [0.1, 0.15) is 10.1 Å². The van der Waals surface area contributed by atoms with E-state index in [1.165, 1.54) is 53.1 Å². The molecule has 11 heteroatoms. The predicted molar refractivity (Wildman–Crippen MR) is 124 cm³/mol. The molecule has 162 valence electrons. The first-order valence-corrected chi connectivity index (χ1v) is 11.9. The number of nitrogens with one attached hydrogen (secondary N) is 1. The van der Waals surface area contributed by atoms with Gasteiger partial charge in [0.2, 0.25) is 15.9 Å². The van der Waals surface area contributed by atoms with Crippen molar-refractivity contribution < 1.29 is 23.1 Å². The van der Waals surface area contributed by atoms with Crippen LogP contribution in [0, 0.1) is 0 Å². The quantitative estimate of drug-likeness (QED) is 0.413. The number of primary sulfonamides is 1. The number of amides is 2. The maximum atomic E-state index is 12.6. The number of aromatic hydroxyl groups is 1. The van der Waals surface area contributed by atoms with Gasteiger partial charge in [0, 0.05) is 18.7 Å². The average molecular weight is 478 g/mol. The zero-order valence-electron chi connectivity index (χ0n) is 16.1. The van der Waals surface area contributed by atoms with Crippen molar-refractivity contribution in [3.8, 4) is 5.75 Å². The summed E-state index contributed by atoms with van der Waals surface area (Å²) in [6.07, 6.45) is 2.27. The zero-order chi connectivity index (χ0) is 22.6. The van der Waals surface area contributed by atoms with Crippen LogP contribution in [0.4, 0.5) is 5.69 Å². The van der Waals surface area contributed by atoms with Crippen LogP contribution < -0.4 is 10.5 Å². The minimum Gasteiger partial charge on any atom is -0.508 e. The summed E-state index contributed by atoms with van der Waals surface area (Å²) in [5.74, 6) is -0.348. The normalized spacial score (nSPS) is 15.5. The molecular formula is C20H19N3O5S3. The molecule has 1 heterocycles. The number of rotatable bonds is 7. The maximum absolute atomic E-state index is 12.6. The van der Waals surface area contributed by atoms with Crippen molar-refractivity contribution >= 4 is 61.9 Å². The highest BCUT2D eigenvalue weighted by Gasteiger charge is 2.31. The van der Waals surface area contributed by atoms with Crippen molar-refractivity contribution in [2.45, 2.75) is 17.7 Å². The fourth-order valence-electron chi connectivity index (χ4n) is 2.76. The van der Waals surface area contributed by atoms with Crippen LogP contribution >= 0.6 is 24.0 Å². The predicted octanol–water partition coefficient (Wildman–Crippen LogP) is 2.66. The SMILES string of the molecule is NS(=O)(=O)c1ccc(NC(=O)CCCN2C(=O)/C(=C/c3ccc(O)cc3)SC2=S)cc1. The highest BCUT2D eigenvalue weighted by atomic mass is 32.2. The van der Waals surface area contributed by atoms with Crippen LogP contribution in [0.15, 0.2) is 58.3 Å². The molecule has 2 amide bonds. The number of nitrogens with zero attached hydrogens (tertiary/aromatic N) is 1. The van der Waals surface area contributed by atoms with E-state index >= 15 is 0 Å². The molecule has 3 rings (SSSR count). The van der Waals surface area contributed by atoms with Gasteiger partial charge in [-0.3, -0.25) is 14.5 Å². The molecule has 1 fully saturated rings. The first-order valence-electron chi connectivity index (χ1n) is 9.10. The number of carbonyl (C=O) groups is 2. The standard InChI is InChI=1S/C20H19N3O5S3/c21-31(27,28)16-9-5-14(6-10-16)22-18(25)2-1-11-23-19(26)17(30-20(23)29)12-13-3-7-15(24)8-4-13/h3-10,12,24H,1-2,11H2,(H,22,25)(H2,21,27,28)/b17-12-. The molecule has 0 aliphatic carbocycles. The molecular weight excluding hydrogens is 458 g/mol. The Balaban J connectivity index is 1.51. The monoisotopic (exact) mass is 477 g/mol. The minimum atomic E-state index is -3.79. The number of anilines is 1. The topological polar surface area (TPSA) is 130 Å². The van der Waals surface area contributed by atoms with Crippen LogP contribution in [-0.2, 0) is 19.6 Å². The van der Waals surface area contributed by atoms with Gasteiger partial charge in [-0.1, -0.05) is 36.1 Å². The van der Waals surface area contributed by atoms with E-state index in [0.717, 1.165) is 5.56 Å². The number of phenolic OH excluding ortho intramolecular Hbond substituents is 1. The minimum absolute atomic E-state index is 0.0415. The molecule has 1 aliphatic heterocycles. The summed E-state index contributed by atoms with van der Waals surface area (Å²) in [7, 11) is -3.79. The Labute approximate surface area is 189 Å². The highest BCUT2D eigenvalue weighted by molar-refractivity contribution is 8.26. The highest BCUT2D eigenvalue weighted by Crippen LogP contribution is 2.33. The third-order valence-electron chi connectivity index (χ3n) is 4.32. The second-order valence-electron chi connectivity index (χ2n) is 6.65. The number of hydrogen-bond acceptors (Lipinski definition) is 7. The van der Waals surface area contributed by atoms with Gasteiger partial charge in [0.05, 0.1) is 9.80 Å². The molecule has 0 atom stereocenters. The van der Waals surface area contributed by atoms with Gasteiger partial charge < -0.3 is 10.4 Å². The smallest absolute Gasteiger partial charge is 0.266 e. The van der Waals surface area contributed by atoms with E-state index in [4.69, 9.17) is 17.4 Å². The molecule has 1 saturated heterocycles. The number of carbonyl (C=O) groups excluding carboxylic acids is 2. The van der Waals surface area contributed by atoms with E-state index in [9.17, 15) is 23.1 Å². The van der Waals surface area contributed by atoms with Crippen molar-refractivity contribution in [3.63, 3.8) is 0 Å². The van der Waals surface area contributed by atoms with Crippen LogP contribution in [0.3, 0.4) is 0 Å². The molecule has 0 aromatic heterocycles. The Morgan fingerprint density at radius 1 is 1.16 bits per heavy atom. The lowest BCUT2D eigenvalue weighted by atomic mass is 10.2. The average Bonchev–Trinajstić information content (AvgIpc) is 2.97. The molecule has 0 unspecified atom stereocenters. The van der Waals surface area contributed by atoms with Gasteiger partial charge in [-0.2, -0.15) is 0 Å². The number of hydrogen-bond donors (Lipinski definition) is 3. The number of benzene rings is 2. The van der Waals surface area contributed by atoms with E-state index in [2.05, 4.69) is 5.32 Å². The second-order valence-corrected chi connectivity index (χ2v) is 9.88. The lowest BCUT2D eigenvalue weighted by Crippen LogP contribution is -2.29. The molecule has 0 bridgehead atoms. The lowest BCUT2D eigenvalue weighted by Gasteiger charge is -2.14. The van der Waals surface area contributed by atoms with Crippen molar-refractivity contribution in [1.82, 2.24) is 4.90 Å². The molecule has 0 spiro atoms. The maximum Gasteiger partial charge on any atom is 0.266 e. The fraction of sp³-hybridized carbons (Fsp3) is 0.150. The molecule has 0 saturated carbocycles. The summed E-state index contributed by atoms with van der Waals surface area (Å²) in [4.78, 5) is 26.6. The number of thioether (sulfide) groups is 1. The van der Waals surface area contributed by atoms with Crippen LogP contribution in [0.25, 0.3) is 6.08 Å². The summed E-state index contributed by atoms with van der Waals surface area (Å²) in [5.41, 5.74) is 1.21. The van der Waals surface area contributed by atoms with Gasteiger partial charge in [0.15, 0.2) is 0 Å². The molecule has 4 N–H and O–H groups in total. The summed E-state index contributed by atoms with van der Waals surface area (Å²) >= 11 is 6.48. The van der Waals surface area contributed by atoms with Crippen molar-refractivity contribution in [2.75, 3.05) is 11.9 Å². The second kappa shape index (κ2) is 9.60. The first kappa shape index (κ1) is 22.9. The Kier molecular flexibility index (Phi) is 7.11. The van der Waals surface area contributed by atoms with Crippen molar-refractivity contribution in [3.05, 3.63) is 59.0 Å². The Morgan fingerprint density at radius 2 is 1.81 bits per heavy atom. The molecule has 2 aromatic rings. The third-order valence-corrected chi connectivity index (χ3v) is 6.62. The molecule has 2 aromatic carbocycles. The molecule has 31 heavy (non-hydrogen) atoms. The Hall–Kier alpha value is -2.73. The first-order chi connectivity index (χ1) is 14.6. The largest absolute Gasteiger partial charge is 0.508 e. The Bertz CT molecular complexity index is 1140. The van der Waals surface area contributed by atoms with Gasteiger partial charge in [-0.25, -0.2) is 13.6 Å². The third kappa shape index (κ3) is 6.14. The summed E-state index contributed by atoms with van der Waals surface area (Å²) in [6.45, 7) is 0.301. The van der Waals surface area contributed by atoms with Crippen LogP contribution in [-0.4, -0.2) is 41.1 Å². The molecule has 1 aliphatic rings.